The van der Waals surface area contributed by atoms with Crippen LogP contribution in [0, 0.1) is 20.8 Å². The Morgan fingerprint density at radius 3 is 2.00 bits per heavy atom. The molecule has 0 aliphatic rings. The van der Waals surface area contributed by atoms with Gasteiger partial charge in [0.15, 0.2) is 0 Å². The number of benzene rings is 1. The SMILES string of the molecule is Cc1cc(C)c(C(C)(C)C(N)C(=O)O)c(C)c1. The topological polar surface area (TPSA) is 63.3 Å². The molecule has 3 nitrogen and oxygen atoms in total. The molecule has 17 heavy (non-hydrogen) atoms. The summed E-state index contributed by atoms with van der Waals surface area (Å²) in [6, 6.07) is 3.24. The lowest BCUT2D eigenvalue weighted by Crippen LogP contribution is -2.47. The third kappa shape index (κ3) is 2.50. The summed E-state index contributed by atoms with van der Waals surface area (Å²) in [5.41, 5.74) is 9.65. The summed E-state index contributed by atoms with van der Waals surface area (Å²) in [4.78, 5) is 11.1. The molecule has 1 unspecified atom stereocenters. The molecule has 3 N–H and O–H groups in total. The van der Waals surface area contributed by atoms with Crippen molar-refractivity contribution in [2.45, 2.75) is 46.1 Å². The minimum absolute atomic E-state index is 0.576. The second kappa shape index (κ2) is 4.49. The van der Waals surface area contributed by atoms with Crippen molar-refractivity contribution < 1.29 is 9.90 Å². The van der Waals surface area contributed by atoms with Gasteiger partial charge in [-0.3, -0.25) is 4.79 Å². The van der Waals surface area contributed by atoms with Crippen LogP contribution in [0.2, 0.25) is 0 Å². The number of carboxylic acid groups (broad SMARTS) is 1. The lowest BCUT2D eigenvalue weighted by atomic mass is 9.74. The largest absolute Gasteiger partial charge is 0.480 e. The first-order chi connectivity index (χ1) is 7.67. The number of rotatable bonds is 3. The Balaban J connectivity index is 3.38. The van der Waals surface area contributed by atoms with E-state index in [4.69, 9.17) is 10.8 Å². The molecule has 3 heteroatoms. The maximum atomic E-state index is 11.1. The molecule has 0 saturated heterocycles. The Morgan fingerprint density at radius 1 is 1.24 bits per heavy atom. The molecule has 1 rings (SSSR count). The van der Waals surface area contributed by atoms with Crippen molar-refractivity contribution in [3.05, 3.63) is 34.4 Å². The number of carboxylic acids is 1. The van der Waals surface area contributed by atoms with Crippen molar-refractivity contribution in [2.24, 2.45) is 5.73 Å². The summed E-state index contributed by atoms with van der Waals surface area (Å²) in [7, 11) is 0. The van der Waals surface area contributed by atoms with Crippen molar-refractivity contribution in [1.82, 2.24) is 0 Å². The molecule has 0 spiro atoms. The van der Waals surface area contributed by atoms with E-state index >= 15 is 0 Å². The summed E-state index contributed by atoms with van der Waals surface area (Å²) in [5.74, 6) is -0.964. The highest BCUT2D eigenvalue weighted by Crippen LogP contribution is 2.32. The minimum atomic E-state index is -0.964. The van der Waals surface area contributed by atoms with Gasteiger partial charge in [-0.2, -0.15) is 0 Å². The average Bonchev–Trinajstić information content (AvgIpc) is 2.13. The maximum Gasteiger partial charge on any atom is 0.321 e. The molecule has 0 aliphatic heterocycles. The second-order valence-corrected chi connectivity index (χ2v) is 5.31. The van der Waals surface area contributed by atoms with Crippen LogP contribution in [-0.2, 0) is 10.2 Å². The van der Waals surface area contributed by atoms with Gasteiger partial charge < -0.3 is 10.8 Å². The molecule has 1 aromatic carbocycles. The van der Waals surface area contributed by atoms with Gasteiger partial charge in [-0.05, 0) is 37.5 Å². The second-order valence-electron chi connectivity index (χ2n) is 5.31. The van der Waals surface area contributed by atoms with E-state index in [0.717, 1.165) is 16.7 Å². The number of aliphatic carboxylic acids is 1. The van der Waals surface area contributed by atoms with Crippen LogP contribution in [0.5, 0.6) is 0 Å². The van der Waals surface area contributed by atoms with E-state index in [9.17, 15) is 4.79 Å². The van der Waals surface area contributed by atoms with Gasteiger partial charge in [0.2, 0.25) is 0 Å². The average molecular weight is 235 g/mol. The molecule has 0 heterocycles. The van der Waals surface area contributed by atoms with Gasteiger partial charge >= 0.3 is 5.97 Å². The van der Waals surface area contributed by atoms with Crippen molar-refractivity contribution >= 4 is 5.97 Å². The van der Waals surface area contributed by atoms with Crippen LogP contribution >= 0.6 is 0 Å². The summed E-state index contributed by atoms with van der Waals surface area (Å²) in [5, 5.41) is 9.09. The van der Waals surface area contributed by atoms with E-state index in [0.29, 0.717) is 0 Å². The van der Waals surface area contributed by atoms with Crippen LogP contribution in [0.15, 0.2) is 12.1 Å². The number of carbonyl (C=O) groups is 1. The summed E-state index contributed by atoms with van der Waals surface area (Å²) < 4.78 is 0. The van der Waals surface area contributed by atoms with E-state index in [2.05, 4.69) is 12.1 Å². The molecule has 0 fully saturated rings. The highest BCUT2D eigenvalue weighted by atomic mass is 16.4. The number of hydrogen-bond acceptors (Lipinski definition) is 2. The van der Waals surface area contributed by atoms with Crippen LogP contribution in [0.3, 0.4) is 0 Å². The van der Waals surface area contributed by atoms with E-state index < -0.39 is 17.4 Å². The standard InChI is InChI=1S/C14H21NO2/c1-8-6-9(2)11(10(3)7-8)14(4,5)12(15)13(16)17/h6-7,12H,15H2,1-5H3,(H,16,17). The molecule has 0 aliphatic carbocycles. The predicted octanol–water partition coefficient (Wildman–Crippen LogP) is 2.30. The van der Waals surface area contributed by atoms with Gasteiger partial charge in [0.25, 0.3) is 0 Å². The van der Waals surface area contributed by atoms with Crippen molar-refractivity contribution in [2.75, 3.05) is 0 Å². The quantitative estimate of drug-likeness (QED) is 0.845. The van der Waals surface area contributed by atoms with Gasteiger partial charge in [-0.1, -0.05) is 31.5 Å². The lowest BCUT2D eigenvalue weighted by molar-refractivity contribution is -0.140. The van der Waals surface area contributed by atoms with E-state index in [1.54, 1.807) is 0 Å². The molecule has 94 valence electrons. The Morgan fingerprint density at radius 2 is 1.65 bits per heavy atom. The highest BCUT2D eigenvalue weighted by Gasteiger charge is 2.35. The number of hydrogen-bond donors (Lipinski definition) is 2. The highest BCUT2D eigenvalue weighted by molar-refractivity contribution is 5.76. The van der Waals surface area contributed by atoms with Gasteiger partial charge in [0, 0.05) is 5.41 Å². The van der Waals surface area contributed by atoms with Crippen LogP contribution in [0.1, 0.15) is 36.1 Å². The zero-order chi connectivity index (χ0) is 13.4. The Kier molecular flexibility index (Phi) is 3.62. The molecule has 0 saturated carbocycles. The van der Waals surface area contributed by atoms with Crippen LogP contribution in [0.25, 0.3) is 0 Å². The number of nitrogens with two attached hydrogens (primary N) is 1. The summed E-state index contributed by atoms with van der Waals surface area (Å²) in [6.07, 6.45) is 0. The van der Waals surface area contributed by atoms with E-state index in [-0.39, 0.29) is 0 Å². The predicted molar refractivity (Wildman–Crippen MR) is 69.3 cm³/mol. The van der Waals surface area contributed by atoms with Crippen molar-refractivity contribution in [3.63, 3.8) is 0 Å². The first-order valence-corrected chi connectivity index (χ1v) is 5.74. The van der Waals surface area contributed by atoms with Crippen molar-refractivity contribution in [1.29, 1.82) is 0 Å². The molecular weight excluding hydrogens is 214 g/mol. The molecule has 0 radical (unpaired) electrons. The van der Waals surface area contributed by atoms with Gasteiger partial charge in [-0.25, -0.2) is 0 Å². The number of aryl methyl sites for hydroxylation is 3. The van der Waals surface area contributed by atoms with E-state index in [1.807, 2.05) is 34.6 Å². The zero-order valence-corrected chi connectivity index (χ0v) is 11.2. The smallest absolute Gasteiger partial charge is 0.321 e. The molecular formula is C14H21NO2. The Bertz CT molecular complexity index is 427. The Hall–Kier alpha value is -1.35. The fourth-order valence-corrected chi connectivity index (χ4v) is 2.66. The summed E-state index contributed by atoms with van der Waals surface area (Å²) >= 11 is 0. The zero-order valence-electron chi connectivity index (χ0n) is 11.2. The van der Waals surface area contributed by atoms with E-state index in [1.165, 1.54) is 5.56 Å². The normalized spacial score (nSPS) is 13.5. The van der Waals surface area contributed by atoms with Gasteiger partial charge in [-0.15, -0.1) is 0 Å². The minimum Gasteiger partial charge on any atom is -0.480 e. The summed E-state index contributed by atoms with van der Waals surface area (Å²) in [6.45, 7) is 9.82. The molecule has 0 amide bonds. The first-order valence-electron chi connectivity index (χ1n) is 5.74. The van der Waals surface area contributed by atoms with Crippen LogP contribution in [-0.4, -0.2) is 17.1 Å². The first kappa shape index (κ1) is 13.7. The van der Waals surface area contributed by atoms with Gasteiger partial charge in [0.05, 0.1) is 0 Å². The fourth-order valence-electron chi connectivity index (χ4n) is 2.66. The van der Waals surface area contributed by atoms with Crippen LogP contribution in [0.4, 0.5) is 0 Å². The molecule has 1 aromatic rings. The third-order valence-electron chi connectivity index (χ3n) is 3.36. The maximum absolute atomic E-state index is 11.1. The third-order valence-corrected chi connectivity index (χ3v) is 3.36. The van der Waals surface area contributed by atoms with Gasteiger partial charge in [0.1, 0.15) is 6.04 Å². The molecule has 1 atom stereocenters. The Labute approximate surface area is 103 Å². The molecule has 0 bridgehead atoms. The molecule has 0 aromatic heterocycles. The lowest BCUT2D eigenvalue weighted by Gasteiger charge is -2.32. The van der Waals surface area contributed by atoms with Crippen molar-refractivity contribution in [3.8, 4) is 0 Å². The fraction of sp³-hybridized carbons (Fsp3) is 0.500. The van der Waals surface area contributed by atoms with Crippen LogP contribution < -0.4 is 5.73 Å². The monoisotopic (exact) mass is 235 g/mol.